The number of fused-ring (bicyclic) bond motifs is 1. The zero-order valence-electron chi connectivity index (χ0n) is 14.2. The fourth-order valence-corrected chi connectivity index (χ4v) is 3.87. The van der Waals surface area contributed by atoms with E-state index in [9.17, 15) is 32.3 Å². The van der Waals surface area contributed by atoms with Crippen LogP contribution in [0, 0.1) is 17.2 Å². The number of likely N-dealkylation sites (tertiary alicyclic amines) is 1. The van der Waals surface area contributed by atoms with Crippen LogP contribution in [0.4, 0.5) is 28.0 Å². The Morgan fingerprint density at radius 1 is 1.37 bits per heavy atom. The standard InChI is InChI=1S/C17H18F4N2O4/c18-11-3-4-13(27-9-17(19,20)21)12(6-11)22-15(26)23-7-10-2-1-5-16(10,8-23)14(24)25/h3-4,6,10H,1-2,5,7-9H2,(H,22,26)(H,24,25)/t10-,16+/m0/s1. The van der Waals surface area contributed by atoms with Crippen molar-refractivity contribution in [1.29, 1.82) is 0 Å². The highest BCUT2D eigenvalue weighted by Crippen LogP contribution is 2.49. The maximum absolute atomic E-state index is 13.5. The van der Waals surface area contributed by atoms with E-state index in [0.29, 0.717) is 12.8 Å². The predicted molar refractivity (Wildman–Crippen MR) is 86.0 cm³/mol. The van der Waals surface area contributed by atoms with Crippen LogP contribution in [0.3, 0.4) is 0 Å². The summed E-state index contributed by atoms with van der Waals surface area (Å²) in [7, 11) is 0. The van der Waals surface area contributed by atoms with Gasteiger partial charge in [-0.3, -0.25) is 4.79 Å². The van der Waals surface area contributed by atoms with Crippen LogP contribution in [0.2, 0.25) is 0 Å². The van der Waals surface area contributed by atoms with Crippen molar-refractivity contribution in [2.45, 2.75) is 25.4 Å². The van der Waals surface area contributed by atoms with Crippen molar-refractivity contribution < 1.29 is 37.0 Å². The number of urea groups is 1. The Balaban J connectivity index is 1.73. The number of hydrogen-bond acceptors (Lipinski definition) is 3. The van der Waals surface area contributed by atoms with Gasteiger partial charge in [0, 0.05) is 19.2 Å². The van der Waals surface area contributed by atoms with Gasteiger partial charge in [-0.2, -0.15) is 13.2 Å². The number of anilines is 1. The van der Waals surface area contributed by atoms with E-state index in [1.54, 1.807) is 0 Å². The Hall–Kier alpha value is -2.52. The summed E-state index contributed by atoms with van der Waals surface area (Å²) in [4.78, 5) is 25.5. The number of nitrogens with zero attached hydrogens (tertiary/aromatic N) is 1. The van der Waals surface area contributed by atoms with Gasteiger partial charge in [0.2, 0.25) is 0 Å². The van der Waals surface area contributed by atoms with E-state index in [0.717, 1.165) is 24.6 Å². The Labute approximate surface area is 152 Å². The van der Waals surface area contributed by atoms with Crippen molar-refractivity contribution >= 4 is 17.7 Å². The number of hydrogen-bond donors (Lipinski definition) is 2. The lowest BCUT2D eigenvalue weighted by molar-refractivity contribution is -0.153. The number of halogens is 4. The Kier molecular flexibility index (Phi) is 4.92. The number of aliphatic carboxylic acids is 1. The third-order valence-corrected chi connectivity index (χ3v) is 5.16. The number of amides is 2. The van der Waals surface area contributed by atoms with Gasteiger partial charge in [-0.05, 0) is 30.9 Å². The molecule has 1 aromatic carbocycles. The van der Waals surface area contributed by atoms with Gasteiger partial charge >= 0.3 is 18.2 Å². The van der Waals surface area contributed by atoms with Gasteiger partial charge in [0.25, 0.3) is 0 Å². The Morgan fingerprint density at radius 2 is 2.11 bits per heavy atom. The zero-order chi connectivity index (χ0) is 19.8. The van der Waals surface area contributed by atoms with Gasteiger partial charge in [-0.15, -0.1) is 0 Å². The molecule has 2 aliphatic rings. The van der Waals surface area contributed by atoms with Gasteiger partial charge in [0.1, 0.15) is 11.6 Å². The molecular formula is C17H18F4N2O4. The summed E-state index contributed by atoms with van der Waals surface area (Å²) >= 11 is 0. The molecule has 1 saturated carbocycles. The second-order valence-electron chi connectivity index (χ2n) is 6.91. The van der Waals surface area contributed by atoms with Gasteiger partial charge in [-0.1, -0.05) is 6.42 Å². The first-order valence-electron chi connectivity index (χ1n) is 8.39. The summed E-state index contributed by atoms with van der Waals surface area (Å²) in [5.41, 5.74) is -1.24. The highest BCUT2D eigenvalue weighted by atomic mass is 19.4. The van der Waals surface area contributed by atoms with E-state index in [2.05, 4.69) is 10.1 Å². The summed E-state index contributed by atoms with van der Waals surface area (Å²) in [6, 6.07) is 2.07. The van der Waals surface area contributed by atoms with Crippen LogP contribution >= 0.6 is 0 Å². The van der Waals surface area contributed by atoms with Crippen LogP contribution in [0.15, 0.2) is 18.2 Å². The Morgan fingerprint density at radius 3 is 2.74 bits per heavy atom. The molecule has 0 radical (unpaired) electrons. The third kappa shape index (κ3) is 3.93. The second kappa shape index (κ2) is 6.90. The number of rotatable bonds is 4. The molecular weight excluding hydrogens is 372 g/mol. The van der Waals surface area contributed by atoms with Crippen molar-refractivity contribution in [3.63, 3.8) is 0 Å². The van der Waals surface area contributed by atoms with Crippen molar-refractivity contribution in [2.75, 3.05) is 25.0 Å². The number of carbonyl (C=O) groups excluding carboxylic acids is 1. The van der Waals surface area contributed by atoms with E-state index in [1.165, 1.54) is 4.90 Å². The molecule has 6 nitrogen and oxygen atoms in total. The first-order valence-corrected chi connectivity index (χ1v) is 8.39. The molecule has 27 heavy (non-hydrogen) atoms. The van der Waals surface area contributed by atoms with Gasteiger partial charge < -0.3 is 20.1 Å². The van der Waals surface area contributed by atoms with E-state index >= 15 is 0 Å². The van der Waals surface area contributed by atoms with Crippen LogP contribution in [-0.4, -0.2) is 47.9 Å². The molecule has 10 heteroatoms. The summed E-state index contributed by atoms with van der Waals surface area (Å²) in [5.74, 6) is -2.21. The van der Waals surface area contributed by atoms with Crippen molar-refractivity contribution in [3.05, 3.63) is 24.0 Å². The summed E-state index contributed by atoms with van der Waals surface area (Å²) < 4.78 is 55.2. The van der Waals surface area contributed by atoms with Crippen LogP contribution in [0.5, 0.6) is 5.75 Å². The quantitative estimate of drug-likeness (QED) is 0.772. The molecule has 1 saturated heterocycles. The number of carboxylic acid groups (broad SMARTS) is 1. The molecule has 0 spiro atoms. The molecule has 2 atom stereocenters. The molecule has 0 unspecified atom stereocenters. The average molecular weight is 390 g/mol. The molecule has 2 amide bonds. The minimum atomic E-state index is -4.59. The maximum Gasteiger partial charge on any atom is 0.422 e. The third-order valence-electron chi connectivity index (χ3n) is 5.16. The molecule has 1 aromatic rings. The van der Waals surface area contributed by atoms with Crippen molar-refractivity contribution in [3.8, 4) is 5.75 Å². The molecule has 148 valence electrons. The lowest BCUT2D eigenvalue weighted by Crippen LogP contribution is -2.38. The highest BCUT2D eigenvalue weighted by Gasteiger charge is 2.55. The fourth-order valence-electron chi connectivity index (χ4n) is 3.87. The van der Waals surface area contributed by atoms with E-state index in [1.807, 2.05) is 0 Å². The molecule has 1 aliphatic carbocycles. The van der Waals surface area contributed by atoms with E-state index < -0.39 is 36.0 Å². The molecule has 1 aliphatic heterocycles. The molecule has 0 bridgehead atoms. The van der Waals surface area contributed by atoms with Gasteiger partial charge in [0.05, 0.1) is 11.1 Å². The first-order chi connectivity index (χ1) is 12.6. The molecule has 2 N–H and O–H groups in total. The SMILES string of the molecule is O=C(Nc1cc(F)ccc1OCC(F)(F)F)N1C[C@@H]2CCC[C@@]2(C(=O)O)C1. The summed E-state index contributed by atoms with van der Waals surface area (Å²) in [6.45, 7) is -1.35. The number of alkyl halides is 3. The second-order valence-corrected chi connectivity index (χ2v) is 6.91. The number of benzene rings is 1. The zero-order valence-corrected chi connectivity index (χ0v) is 14.2. The average Bonchev–Trinajstić information content (AvgIpc) is 3.11. The normalized spacial score (nSPS) is 24.6. The molecule has 3 rings (SSSR count). The van der Waals surface area contributed by atoms with E-state index in [-0.39, 0.29) is 30.4 Å². The fraction of sp³-hybridized carbons (Fsp3) is 0.529. The van der Waals surface area contributed by atoms with Crippen LogP contribution < -0.4 is 10.1 Å². The van der Waals surface area contributed by atoms with Gasteiger partial charge in [-0.25, -0.2) is 9.18 Å². The molecule has 2 fully saturated rings. The number of carboxylic acids is 1. The molecule has 0 aromatic heterocycles. The van der Waals surface area contributed by atoms with Crippen LogP contribution in [0.1, 0.15) is 19.3 Å². The highest BCUT2D eigenvalue weighted by molar-refractivity contribution is 5.92. The predicted octanol–water partition coefficient (Wildman–Crippen LogP) is 3.49. The molecule has 1 heterocycles. The minimum Gasteiger partial charge on any atom is -0.482 e. The monoisotopic (exact) mass is 390 g/mol. The smallest absolute Gasteiger partial charge is 0.422 e. The summed E-state index contributed by atoms with van der Waals surface area (Å²) in [5, 5.41) is 11.9. The van der Waals surface area contributed by atoms with Crippen molar-refractivity contribution in [2.24, 2.45) is 11.3 Å². The lowest BCUT2D eigenvalue weighted by Gasteiger charge is -2.23. The van der Waals surface area contributed by atoms with Crippen LogP contribution in [-0.2, 0) is 4.79 Å². The number of ether oxygens (including phenoxy) is 1. The topological polar surface area (TPSA) is 78.9 Å². The Bertz CT molecular complexity index is 755. The van der Waals surface area contributed by atoms with E-state index in [4.69, 9.17) is 0 Å². The number of carbonyl (C=O) groups is 2. The van der Waals surface area contributed by atoms with Crippen molar-refractivity contribution in [1.82, 2.24) is 4.90 Å². The lowest BCUT2D eigenvalue weighted by atomic mass is 9.81. The maximum atomic E-state index is 13.5. The van der Waals surface area contributed by atoms with Crippen LogP contribution in [0.25, 0.3) is 0 Å². The summed E-state index contributed by atoms with van der Waals surface area (Å²) in [6.07, 6.45) is -2.66. The number of nitrogens with one attached hydrogen (secondary N) is 1. The van der Waals surface area contributed by atoms with Gasteiger partial charge in [0.15, 0.2) is 6.61 Å². The minimum absolute atomic E-state index is 0.00684. The largest absolute Gasteiger partial charge is 0.482 e. The first kappa shape index (κ1) is 19.2.